The molecular weight excluding hydrogens is 392 g/mol. The fraction of sp³-hybridized carbons (Fsp3) is 0.609. The molecular formula is C23H32N6O2. The summed E-state index contributed by atoms with van der Waals surface area (Å²) in [7, 11) is 0. The third-order valence-corrected chi connectivity index (χ3v) is 6.56. The molecule has 8 nitrogen and oxygen atoms in total. The van der Waals surface area contributed by atoms with E-state index in [0.717, 1.165) is 51.0 Å². The molecule has 2 atom stereocenters. The second-order valence-corrected chi connectivity index (χ2v) is 8.78. The number of fused-ring (bicyclic) bond motifs is 1. The lowest BCUT2D eigenvalue weighted by molar-refractivity contribution is -0.136. The third-order valence-electron chi connectivity index (χ3n) is 6.56. The molecule has 0 bridgehead atoms. The van der Waals surface area contributed by atoms with Crippen molar-refractivity contribution in [1.29, 1.82) is 0 Å². The topological polar surface area (TPSA) is 84.2 Å². The summed E-state index contributed by atoms with van der Waals surface area (Å²) in [6.45, 7) is 6.11. The maximum absolute atomic E-state index is 13.2. The molecule has 4 rings (SSSR count). The molecule has 166 valence electrons. The zero-order chi connectivity index (χ0) is 21.8. The van der Waals surface area contributed by atoms with E-state index in [9.17, 15) is 9.59 Å². The lowest BCUT2D eigenvalue weighted by Crippen LogP contribution is -2.46. The Labute approximate surface area is 183 Å². The number of hydrogen-bond acceptors (Lipinski definition) is 5. The molecule has 2 fully saturated rings. The number of aromatic nitrogens is 4. The molecule has 2 aromatic rings. The van der Waals surface area contributed by atoms with Gasteiger partial charge in [-0.1, -0.05) is 6.42 Å². The van der Waals surface area contributed by atoms with E-state index in [0.29, 0.717) is 24.7 Å². The van der Waals surface area contributed by atoms with Gasteiger partial charge in [0.15, 0.2) is 0 Å². The summed E-state index contributed by atoms with van der Waals surface area (Å²) in [6.07, 6.45) is 9.06. The fourth-order valence-corrected chi connectivity index (χ4v) is 4.94. The van der Waals surface area contributed by atoms with Crippen molar-refractivity contribution in [2.45, 2.75) is 65.0 Å². The molecule has 8 heteroatoms. The van der Waals surface area contributed by atoms with E-state index < -0.39 is 0 Å². The monoisotopic (exact) mass is 424 g/mol. The Morgan fingerprint density at radius 3 is 2.65 bits per heavy atom. The quantitative estimate of drug-likeness (QED) is 0.709. The maximum atomic E-state index is 13.2. The van der Waals surface area contributed by atoms with Crippen LogP contribution >= 0.6 is 0 Å². The molecule has 2 aromatic heterocycles. The molecule has 31 heavy (non-hydrogen) atoms. The molecule has 2 saturated heterocycles. The summed E-state index contributed by atoms with van der Waals surface area (Å²) in [6, 6.07) is 4.12. The third kappa shape index (κ3) is 5.11. The smallest absolute Gasteiger partial charge is 0.244 e. The minimum atomic E-state index is 0.0805. The van der Waals surface area contributed by atoms with Gasteiger partial charge in [-0.15, -0.1) is 0 Å². The second-order valence-electron chi connectivity index (χ2n) is 8.78. The van der Waals surface area contributed by atoms with Gasteiger partial charge in [-0.25, -0.2) is 9.67 Å². The van der Waals surface area contributed by atoms with E-state index in [1.165, 1.54) is 5.56 Å². The lowest BCUT2D eigenvalue weighted by Gasteiger charge is -2.30. The van der Waals surface area contributed by atoms with Crippen molar-refractivity contribution in [2.24, 2.45) is 5.92 Å². The second kappa shape index (κ2) is 9.58. The van der Waals surface area contributed by atoms with Gasteiger partial charge in [-0.2, -0.15) is 5.10 Å². The summed E-state index contributed by atoms with van der Waals surface area (Å²) < 4.78 is 1.69. The van der Waals surface area contributed by atoms with Crippen molar-refractivity contribution >= 4 is 11.8 Å². The Bertz CT molecular complexity index is 912. The standard InChI is InChI=1S/C23H32N6O2/c1-17-25-18(2)29(26-17)16-23(31)28-13-4-3-7-20-14-27(15-21(20)28)22(30)8-5-6-19-9-11-24-12-10-19/h9-12,20-21H,3-8,13-16H2,1-2H3/t20-,21+/m0/s1. The highest BCUT2D eigenvalue weighted by Crippen LogP contribution is 2.30. The van der Waals surface area contributed by atoms with E-state index in [4.69, 9.17) is 0 Å². The van der Waals surface area contributed by atoms with Gasteiger partial charge < -0.3 is 9.80 Å². The number of hydrogen-bond donors (Lipinski definition) is 0. The van der Waals surface area contributed by atoms with Crippen LogP contribution in [0.5, 0.6) is 0 Å². The molecule has 2 aliphatic rings. The molecule has 0 saturated carbocycles. The number of aryl methyl sites for hydroxylation is 3. The number of carbonyl (C=O) groups is 2. The molecule has 0 aliphatic carbocycles. The van der Waals surface area contributed by atoms with Gasteiger partial charge in [0.2, 0.25) is 11.8 Å². The molecule has 0 N–H and O–H groups in total. The highest BCUT2D eigenvalue weighted by Gasteiger charge is 2.41. The first-order valence-corrected chi connectivity index (χ1v) is 11.4. The molecule has 0 aromatic carbocycles. The van der Waals surface area contributed by atoms with Gasteiger partial charge in [0.25, 0.3) is 0 Å². The minimum absolute atomic E-state index is 0.0805. The van der Waals surface area contributed by atoms with Crippen LogP contribution < -0.4 is 0 Å². The molecule has 0 unspecified atom stereocenters. The summed E-state index contributed by atoms with van der Waals surface area (Å²) >= 11 is 0. The van der Waals surface area contributed by atoms with Crippen molar-refractivity contribution in [2.75, 3.05) is 19.6 Å². The van der Waals surface area contributed by atoms with Crippen molar-refractivity contribution < 1.29 is 9.59 Å². The zero-order valence-corrected chi connectivity index (χ0v) is 18.5. The Balaban J connectivity index is 1.35. The van der Waals surface area contributed by atoms with Gasteiger partial charge in [0, 0.05) is 38.4 Å². The average Bonchev–Trinajstić information content (AvgIpc) is 3.24. The number of likely N-dealkylation sites (tertiary alicyclic amines) is 2. The normalized spacial score (nSPS) is 21.1. The Kier molecular flexibility index (Phi) is 6.63. The van der Waals surface area contributed by atoms with E-state index >= 15 is 0 Å². The van der Waals surface area contributed by atoms with Crippen LogP contribution in [0.2, 0.25) is 0 Å². The van der Waals surface area contributed by atoms with Crippen LogP contribution in [0, 0.1) is 19.8 Å². The number of nitrogens with zero attached hydrogens (tertiary/aromatic N) is 6. The van der Waals surface area contributed by atoms with Gasteiger partial charge >= 0.3 is 0 Å². The first kappa shape index (κ1) is 21.5. The molecule has 0 radical (unpaired) electrons. The van der Waals surface area contributed by atoms with Crippen molar-refractivity contribution in [3.8, 4) is 0 Å². The highest BCUT2D eigenvalue weighted by molar-refractivity contribution is 5.78. The largest absolute Gasteiger partial charge is 0.340 e. The van der Waals surface area contributed by atoms with Gasteiger partial charge in [0.05, 0.1) is 6.04 Å². The van der Waals surface area contributed by atoms with Crippen LogP contribution in [0.4, 0.5) is 0 Å². The van der Waals surface area contributed by atoms with Crippen LogP contribution in [0.15, 0.2) is 24.5 Å². The Hall–Kier alpha value is -2.77. The van der Waals surface area contributed by atoms with Crippen LogP contribution in [0.25, 0.3) is 0 Å². The van der Waals surface area contributed by atoms with Crippen LogP contribution in [-0.2, 0) is 22.6 Å². The maximum Gasteiger partial charge on any atom is 0.244 e. The predicted molar refractivity (Wildman–Crippen MR) is 116 cm³/mol. The van der Waals surface area contributed by atoms with Crippen LogP contribution in [-0.4, -0.2) is 67.0 Å². The molecule has 2 amide bonds. The molecule has 0 spiro atoms. The van der Waals surface area contributed by atoms with Crippen LogP contribution in [0.3, 0.4) is 0 Å². The van der Waals surface area contributed by atoms with Crippen molar-refractivity contribution in [3.05, 3.63) is 41.7 Å². The first-order chi connectivity index (χ1) is 15.0. The van der Waals surface area contributed by atoms with E-state index in [1.807, 2.05) is 35.8 Å². The Morgan fingerprint density at radius 2 is 1.90 bits per heavy atom. The summed E-state index contributed by atoms with van der Waals surface area (Å²) in [4.78, 5) is 38.4. The van der Waals surface area contributed by atoms with E-state index in [1.54, 1.807) is 17.1 Å². The summed E-state index contributed by atoms with van der Waals surface area (Å²) in [5.41, 5.74) is 1.21. The summed E-state index contributed by atoms with van der Waals surface area (Å²) in [5, 5.41) is 4.35. The fourth-order valence-electron chi connectivity index (χ4n) is 4.94. The van der Waals surface area contributed by atoms with Gasteiger partial charge in [-0.3, -0.25) is 14.6 Å². The zero-order valence-electron chi connectivity index (χ0n) is 18.5. The molecule has 4 heterocycles. The van der Waals surface area contributed by atoms with E-state index in [2.05, 4.69) is 15.1 Å². The van der Waals surface area contributed by atoms with Crippen LogP contribution in [0.1, 0.15) is 49.3 Å². The predicted octanol–water partition coefficient (Wildman–Crippen LogP) is 2.15. The molecule has 2 aliphatic heterocycles. The minimum Gasteiger partial charge on any atom is -0.340 e. The van der Waals surface area contributed by atoms with Crippen molar-refractivity contribution in [1.82, 2.24) is 29.5 Å². The first-order valence-electron chi connectivity index (χ1n) is 11.4. The number of pyridine rings is 1. The van der Waals surface area contributed by atoms with Gasteiger partial charge in [-0.05, 0) is 63.1 Å². The number of carbonyl (C=O) groups excluding carboxylic acids is 2. The highest BCUT2D eigenvalue weighted by atomic mass is 16.2. The summed E-state index contributed by atoms with van der Waals surface area (Å²) in [5.74, 6) is 2.10. The number of rotatable bonds is 6. The van der Waals surface area contributed by atoms with E-state index in [-0.39, 0.29) is 24.4 Å². The number of amides is 2. The Morgan fingerprint density at radius 1 is 1.10 bits per heavy atom. The van der Waals surface area contributed by atoms with Gasteiger partial charge in [0.1, 0.15) is 18.2 Å². The van der Waals surface area contributed by atoms with Crippen molar-refractivity contribution in [3.63, 3.8) is 0 Å². The average molecular weight is 425 g/mol. The lowest BCUT2D eigenvalue weighted by atomic mass is 9.98. The SMILES string of the molecule is Cc1nc(C)n(CC(=O)N2CCCC[C@H]3CN(C(=O)CCCc4ccncc4)C[C@H]32)n1.